The largest absolute Gasteiger partial charge is 0.478 e. The standard InChI is InChI=1S/C8H7ClFNO2.C4H10O2.C2H5N/c1-3-2-4(8(12)13)7(11)6(10)5(3)9;1-2-6-4-3-5;1-2-3/h2H,11H2,1H3,(H,12,13);5H,2-4H2,1H3;2-3H,1H3. The summed E-state index contributed by atoms with van der Waals surface area (Å²) >= 11 is 5.51. The normalized spacial score (nSPS) is 9.00. The third kappa shape index (κ3) is 8.56. The Balaban J connectivity index is 0. The summed E-state index contributed by atoms with van der Waals surface area (Å²) in [5.74, 6) is -2.14. The van der Waals surface area contributed by atoms with Crippen molar-refractivity contribution in [3.63, 3.8) is 0 Å². The first-order valence-electron chi connectivity index (χ1n) is 6.39. The molecule has 0 fully saturated rings. The number of nitrogen functional groups attached to an aromatic ring is 1. The van der Waals surface area contributed by atoms with Crippen LogP contribution in [0.3, 0.4) is 0 Å². The van der Waals surface area contributed by atoms with Crippen LogP contribution >= 0.6 is 11.6 Å². The fraction of sp³-hybridized carbons (Fsp3) is 0.429. The molecule has 8 heteroatoms. The summed E-state index contributed by atoms with van der Waals surface area (Å²) in [6.07, 6.45) is 1.25. The number of anilines is 1. The molecule has 0 heterocycles. The van der Waals surface area contributed by atoms with Gasteiger partial charge in [-0.3, -0.25) is 0 Å². The van der Waals surface area contributed by atoms with Crippen molar-refractivity contribution in [2.45, 2.75) is 20.8 Å². The molecule has 0 spiro atoms. The van der Waals surface area contributed by atoms with Gasteiger partial charge in [0.05, 0.1) is 29.5 Å². The van der Waals surface area contributed by atoms with Crippen molar-refractivity contribution in [1.29, 1.82) is 5.41 Å². The van der Waals surface area contributed by atoms with Gasteiger partial charge in [-0.25, -0.2) is 9.18 Å². The van der Waals surface area contributed by atoms with Crippen LogP contribution in [0.4, 0.5) is 10.1 Å². The Morgan fingerprint density at radius 3 is 2.41 bits per heavy atom. The minimum Gasteiger partial charge on any atom is -0.478 e. The molecule has 0 atom stereocenters. The lowest BCUT2D eigenvalue weighted by molar-refractivity contribution is 0.0697. The van der Waals surface area contributed by atoms with Crippen LogP contribution in [0.15, 0.2) is 6.07 Å². The average Bonchev–Trinajstić information content (AvgIpc) is 2.48. The number of carboxylic acids is 1. The van der Waals surface area contributed by atoms with Gasteiger partial charge in [-0.2, -0.15) is 0 Å². The summed E-state index contributed by atoms with van der Waals surface area (Å²) in [6.45, 7) is 6.37. The van der Waals surface area contributed by atoms with Crippen molar-refractivity contribution in [3.8, 4) is 0 Å². The molecule has 1 aromatic carbocycles. The second kappa shape index (κ2) is 13.0. The zero-order chi connectivity index (χ0) is 17.7. The molecule has 0 aliphatic rings. The highest BCUT2D eigenvalue weighted by Gasteiger charge is 2.16. The number of aliphatic hydroxyl groups excluding tert-OH is 1. The van der Waals surface area contributed by atoms with Crippen LogP contribution in [0.5, 0.6) is 0 Å². The van der Waals surface area contributed by atoms with Gasteiger partial charge in [0.25, 0.3) is 0 Å². The number of aromatic carboxylic acids is 1. The number of aryl methyl sites for hydroxylation is 1. The van der Waals surface area contributed by atoms with E-state index in [1.165, 1.54) is 19.2 Å². The number of aliphatic hydroxyl groups is 1. The average molecular weight is 337 g/mol. The first kappa shape index (κ1) is 22.6. The van der Waals surface area contributed by atoms with Crippen LogP contribution in [-0.2, 0) is 4.74 Å². The van der Waals surface area contributed by atoms with E-state index in [9.17, 15) is 9.18 Å². The van der Waals surface area contributed by atoms with Crippen LogP contribution < -0.4 is 5.73 Å². The summed E-state index contributed by atoms with van der Waals surface area (Å²) in [6, 6.07) is 1.24. The number of nitrogens with two attached hydrogens (primary N) is 1. The fourth-order valence-corrected chi connectivity index (χ4v) is 1.31. The number of benzene rings is 1. The Kier molecular flexibility index (Phi) is 13.3. The van der Waals surface area contributed by atoms with Gasteiger partial charge in [0.2, 0.25) is 0 Å². The van der Waals surface area contributed by atoms with Crippen LogP contribution in [-0.4, -0.2) is 42.2 Å². The number of hydrogen-bond acceptors (Lipinski definition) is 5. The number of rotatable bonds is 4. The van der Waals surface area contributed by atoms with Gasteiger partial charge in [0.15, 0.2) is 5.82 Å². The highest BCUT2D eigenvalue weighted by atomic mass is 35.5. The van der Waals surface area contributed by atoms with Gasteiger partial charge >= 0.3 is 5.97 Å². The molecule has 0 aliphatic heterocycles. The second-order valence-electron chi connectivity index (χ2n) is 3.80. The molecule has 0 radical (unpaired) electrons. The van der Waals surface area contributed by atoms with Gasteiger partial charge in [-0.15, -0.1) is 0 Å². The van der Waals surface area contributed by atoms with E-state index in [1.54, 1.807) is 6.92 Å². The molecule has 1 aromatic rings. The van der Waals surface area contributed by atoms with E-state index in [4.69, 9.17) is 37.7 Å². The first-order valence-corrected chi connectivity index (χ1v) is 6.77. The van der Waals surface area contributed by atoms with E-state index in [0.717, 1.165) is 0 Å². The molecule has 0 saturated heterocycles. The summed E-state index contributed by atoms with van der Waals surface area (Å²) in [7, 11) is 0. The maximum Gasteiger partial charge on any atom is 0.337 e. The second-order valence-corrected chi connectivity index (χ2v) is 4.17. The number of carboxylic acid groups (broad SMARTS) is 1. The van der Waals surface area contributed by atoms with E-state index in [1.807, 2.05) is 6.92 Å². The molecule has 0 bridgehead atoms. The smallest absolute Gasteiger partial charge is 0.337 e. The Morgan fingerprint density at radius 1 is 1.59 bits per heavy atom. The lowest BCUT2D eigenvalue weighted by atomic mass is 10.1. The van der Waals surface area contributed by atoms with Gasteiger partial charge in [-0.05, 0) is 38.6 Å². The van der Waals surface area contributed by atoms with Gasteiger partial charge < -0.3 is 26.1 Å². The summed E-state index contributed by atoms with van der Waals surface area (Å²) in [4.78, 5) is 10.5. The number of nitrogens with one attached hydrogen (secondary N) is 1. The van der Waals surface area contributed by atoms with Crippen molar-refractivity contribution >= 4 is 29.5 Å². The molecule has 0 saturated carbocycles. The number of carbonyl (C=O) groups is 1. The Morgan fingerprint density at radius 2 is 2.09 bits per heavy atom. The van der Waals surface area contributed by atoms with Crippen molar-refractivity contribution in [1.82, 2.24) is 0 Å². The number of ether oxygens (including phenoxy) is 1. The monoisotopic (exact) mass is 336 g/mol. The Hall–Kier alpha value is -1.70. The van der Waals surface area contributed by atoms with Gasteiger partial charge in [-0.1, -0.05) is 11.6 Å². The molecule has 0 amide bonds. The maximum absolute atomic E-state index is 13.1. The van der Waals surface area contributed by atoms with Crippen molar-refractivity contribution in [3.05, 3.63) is 28.0 Å². The third-order valence-corrected chi connectivity index (χ3v) is 2.56. The molecular formula is C14H22ClFN2O4. The Labute approximate surface area is 134 Å². The highest BCUT2D eigenvalue weighted by molar-refractivity contribution is 6.32. The summed E-state index contributed by atoms with van der Waals surface area (Å²) in [5, 5.41) is 22.6. The number of halogens is 2. The lowest BCUT2D eigenvalue weighted by Gasteiger charge is -2.06. The van der Waals surface area contributed by atoms with Crippen LogP contribution in [0.25, 0.3) is 0 Å². The topological polar surface area (TPSA) is 117 Å². The van der Waals surface area contributed by atoms with Crippen LogP contribution in [0.1, 0.15) is 29.8 Å². The minimum absolute atomic E-state index is 0.133. The van der Waals surface area contributed by atoms with E-state index >= 15 is 0 Å². The summed E-state index contributed by atoms with van der Waals surface area (Å²) < 4.78 is 17.8. The quantitative estimate of drug-likeness (QED) is 0.383. The van der Waals surface area contributed by atoms with Crippen LogP contribution in [0, 0.1) is 18.2 Å². The molecule has 1 rings (SSSR count). The zero-order valence-electron chi connectivity index (χ0n) is 12.8. The molecule has 22 heavy (non-hydrogen) atoms. The predicted molar refractivity (Wildman–Crippen MR) is 85.6 cm³/mol. The first-order chi connectivity index (χ1) is 10.3. The number of hydrogen-bond donors (Lipinski definition) is 4. The third-order valence-electron chi connectivity index (χ3n) is 2.10. The molecule has 0 aliphatic carbocycles. The molecule has 5 N–H and O–H groups in total. The SMILES string of the molecule is CC=N.CCOCCO.Cc1cc(C(=O)O)c(N)c(F)c1Cl. The van der Waals surface area contributed by atoms with E-state index in [0.29, 0.717) is 18.8 Å². The summed E-state index contributed by atoms with van der Waals surface area (Å²) in [5.41, 5.74) is 4.87. The van der Waals surface area contributed by atoms with E-state index < -0.39 is 17.5 Å². The molecular weight excluding hydrogens is 315 g/mol. The molecule has 0 aromatic heterocycles. The highest BCUT2D eigenvalue weighted by Crippen LogP contribution is 2.27. The fourth-order valence-electron chi connectivity index (χ4n) is 1.15. The van der Waals surface area contributed by atoms with Crippen molar-refractivity contribution in [2.75, 3.05) is 25.6 Å². The van der Waals surface area contributed by atoms with Gasteiger partial charge in [0, 0.05) is 6.61 Å². The van der Waals surface area contributed by atoms with Crippen molar-refractivity contribution < 1.29 is 24.1 Å². The minimum atomic E-state index is -1.27. The lowest BCUT2D eigenvalue weighted by Crippen LogP contribution is -2.06. The predicted octanol–water partition coefficient (Wildman–Crippen LogP) is 2.74. The molecule has 6 nitrogen and oxygen atoms in total. The van der Waals surface area contributed by atoms with E-state index in [2.05, 4.69) is 0 Å². The maximum atomic E-state index is 13.1. The zero-order valence-corrected chi connectivity index (χ0v) is 13.6. The van der Waals surface area contributed by atoms with Crippen LogP contribution in [0.2, 0.25) is 5.02 Å². The van der Waals surface area contributed by atoms with Crippen molar-refractivity contribution in [2.24, 2.45) is 0 Å². The van der Waals surface area contributed by atoms with E-state index in [-0.39, 0.29) is 17.2 Å². The van der Waals surface area contributed by atoms with Gasteiger partial charge in [0.1, 0.15) is 0 Å². The molecule has 0 unspecified atom stereocenters. The molecule has 126 valence electrons. The Bertz CT molecular complexity index is 480.